The Morgan fingerprint density at radius 2 is 1.80 bits per heavy atom. The van der Waals surface area contributed by atoms with Crippen molar-refractivity contribution in [3.8, 4) is 0 Å². The first kappa shape index (κ1) is 17.9. The van der Waals surface area contributed by atoms with E-state index in [-0.39, 0.29) is 6.10 Å². The van der Waals surface area contributed by atoms with Gasteiger partial charge in [-0.05, 0) is 49.3 Å². The number of sulfonamides is 1. The first-order valence-corrected chi connectivity index (χ1v) is 10.5. The van der Waals surface area contributed by atoms with Crippen LogP contribution in [0.4, 0.5) is 5.69 Å². The van der Waals surface area contributed by atoms with Gasteiger partial charge in [0.25, 0.3) is 0 Å². The smallest absolute Gasteiger partial charge is 0.229 e. The molecule has 1 aliphatic rings. The van der Waals surface area contributed by atoms with Crippen molar-refractivity contribution in [3.63, 3.8) is 0 Å². The fourth-order valence-corrected chi connectivity index (χ4v) is 3.92. The van der Waals surface area contributed by atoms with Gasteiger partial charge in [-0.2, -0.15) is 0 Å². The minimum Gasteiger partial charge on any atom is -0.372 e. The van der Waals surface area contributed by atoms with Gasteiger partial charge in [-0.3, -0.25) is 9.71 Å². The Labute approximate surface area is 149 Å². The standard InChI is InChI=1S/C19H24N2O3S/c1-25(22,23)21-18-8-5-13-20-19(18)14-24-17-11-9-16(10-12-17)15-6-3-2-4-7-15/h2-8,13,16-17,21H,9-12,14H2,1H3. The van der Waals surface area contributed by atoms with Crippen LogP contribution in [0.15, 0.2) is 48.7 Å². The molecule has 3 rings (SSSR count). The van der Waals surface area contributed by atoms with Crippen molar-refractivity contribution < 1.29 is 13.2 Å². The molecule has 0 saturated heterocycles. The Kier molecular flexibility index (Phi) is 5.71. The quantitative estimate of drug-likeness (QED) is 0.853. The summed E-state index contributed by atoms with van der Waals surface area (Å²) in [6.45, 7) is 0.319. The number of anilines is 1. The maximum atomic E-state index is 11.4. The Hall–Kier alpha value is -1.92. The Bertz CT molecular complexity index is 785. The summed E-state index contributed by atoms with van der Waals surface area (Å²) in [4.78, 5) is 4.26. The summed E-state index contributed by atoms with van der Waals surface area (Å²) in [7, 11) is -3.33. The fourth-order valence-electron chi connectivity index (χ4n) is 3.33. The summed E-state index contributed by atoms with van der Waals surface area (Å²) in [6, 6.07) is 14.0. The molecule has 1 N–H and O–H groups in total. The second kappa shape index (κ2) is 7.97. The molecule has 6 heteroatoms. The normalized spacial score (nSPS) is 21.0. The minimum atomic E-state index is -3.33. The number of ether oxygens (including phenoxy) is 1. The largest absolute Gasteiger partial charge is 0.372 e. The van der Waals surface area contributed by atoms with Gasteiger partial charge in [0.1, 0.15) is 0 Å². The predicted octanol–water partition coefficient (Wildman–Crippen LogP) is 3.70. The molecule has 1 aromatic heterocycles. The monoisotopic (exact) mass is 360 g/mol. The number of benzene rings is 1. The Morgan fingerprint density at radius 3 is 2.48 bits per heavy atom. The highest BCUT2D eigenvalue weighted by molar-refractivity contribution is 7.92. The lowest BCUT2D eigenvalue weighted by molar-refractivity contribution is 0.0121. The molecule has 0 bridgehead atoms. The van der Waals surface area contributed by atoms with Crippen molar-refractivity contribution in [2.45, 2.75) is 44.3 Å². The van der Waals surface area contributed by atoms with Gasteiger partial charge in [-0.15, -0.1) is 0 Å². The van der Waals surface area contributed by atoms with E-state index in [0.717, 1.165) is 31.9 Å². The van der Waals surface area contributed by atoms with Gasteiger partial charge < -0.3 is 4.74 Å². The van der Waals surface area contributed by atoms with Crippen LogP contribution in [0, 0.1) is 0 Å². The maximum Gasteiger partial charge on any atom is 0.229 e. The minimum absolute atomic E-state index is 0.202. The predicted molar refractivity (Wildman–Crippen MR) is 98.9 cm³/mol. The lowest BCUT2D eigenvalue weighted by atomic mass is 9.83. The zero-order valence-electron chi connectivity index (χ0n) is 14.4. The van der Waals surface area contributed by atoms with E-state index in [0.29, 0.717) is 23.9 Å². The van der Waals surface area contributed by atoms with E-state index in [2.05, 4.69) is 34.0 Å². The molecule has 2 aromatic rings. The number of nitrogens with one attached hydrogen (secondary N) is 1. The van der Waals surface area contributed by atoms with Crippen LogP contribution in [0.1, 0.15) is 42.9 Å². The third kappa shape index (κ3) is 5.28. The van der Waals surface area contributed by atoms with Crippen LogP contribution < -0.4 is 4.72 Å². The van der Waals surface area contributed by atoms with Gasteiger partial charge in [0.05, 0.1) is 30.3 Å². The summed E-state index contributed by atoms with van der Waals surface area (Å²) < 4.78 is 31.4. The van der Waals surface area contributed by atoms with Gasteiger partial charge in [-0.25, -0.2) is 8.42 Å². The topological polar surface area (TPSA) is 68.3 Å². The third-order valence-corrected chi connectivity index (χ3v) is 5.18. The van der Waals surface area contributed by atoms with E-state index in [1.165, 1.54) is 5.56 Å². The summed E-state index contributed by atoms with van der Waals surface area (Å²) in [5.41, 5.74) is 2.52. The zero-order chi connectivity index (χ0) is 17.7. The second-order valence-corrected chi connectivity index (χ2v) is 8.32. The average Bonchev–Trinajstić information content (AvgIpc) is 2.61. The van der Waals surface area contributed by atoms with Gasteiger partial charge in [-0.1, -0.05) is 30.3 Å². The molecule has 0 atom stereocenters. The molecule has 1 aromatic carbocycles. The third-order valence-electron chi connectivity index (χ3n) is 4.59. The number of hydrogen-bond acceptors (Lipinski definition) is 4. The van der Waals surface area contributed by atoms with Crippen molar-refractivity contribution in [1.82, 2.24) is 4.98 Å². The summed E-state index contributed by atoms with van der Waals surface area (Å²) in [5, 5.41) is 0. The summed E-state index contributed by atoms with van der Waals surface area (Å²) in [5.74, 6) is 0.610. The van der Waals surface area contributed by atoms with Crippen molar-refractivity contribution >= 4 is 15.7 Å². The molecular formula is C19H24N2O3S. The molecule has 134 valence electrons. The highest BCUT2D eigenvalue weighted by Crippen LogP contribution is 2.34. The SMILES string of the molecule is CS(=O)(=O)Nc1cccnc1COC1CCC(c2ccccc2)CC1. The molecule has 0 spiro atoms. The number of rotatable bonds is 6. The van der Waals surface area contributed by atoms with Crippen LogP contribution in [-0.2, 0) is 21.4 Å². The first-order chi connectivity index (χ1) is 12.0. The molecule has 5 nitrogen and oxygen atoms in total. The molecule has 0 radical (unpaired) electrons. The molecule has 0 aliphatic heterocycles. The van der Waals surface area contributed by atoms with Crippen LogP contribution in [0.3, 0.4) is 0 Å². The highest BCUT2D eigenvalue weighted by atomic mass is 32.2. The van der Waals surface area contributed by atoms with Crippen LogP contribution in [-0.4, -0.2) is 25.8 Å². The first-order valence-electron chi connectivity index (χ1n) is 8.59. The number of hydrogen-bond donors (Lipinski definition) is 1. The number of pyridine rings is 1. The van der Waals surface area contributed by atoms with E-state index in [1.54, 1.807) is 18.3 Å². The summed E-state index contributed by atoms with van der Waals surface area (Å²) >= 11 is 0. The van der Waals surface area contributed by atoms with Crippen LogP contribution in [0.5, 0.6) is 0 Å². The van der Waals surface area contributed by atoms with Crippen molar-refractivity contribution in [2.75, 3.05) is 11.0 Å². The van der Waals surface area contributed by atoms with E-state index in [1.807, 2.05) is 6.07 Å². The maximum absolute atomic E-state index is 11.4. The van der Waals surface area contributed by atoms with E-state index < -0.39 is 10.0 Å². The van der Waals surface area contributed by atoms with Gasteiger partial charge in [0, 0.05) is 6.20 Å². The van der Waals surface area contributed by atoms with Gasteiger partial charge in [0.15, 0.2) is 0 Å². The molecule has 0 amide bonds. The zero-order valence-corrected chi connectivity index (χ0v) is 15.2. The number of nitrogens with zero attached hydrogens (tertiary/aromatic N) is 1. The van der Waals surface area contributed by atoms with E-state index in [4.69, 9.17) is 4.74 Å². The lowest BCUT2D eigenvalue weighted by Gasteiger charge is -2.29. The van der Waals surface area contributed by atoms with Crippen molar-refractivity contribution in [2.24, 2.45) is 0 Å². The van der Waals surface area contributed by atoms with Crippen LogP contribution >= 0.6 is 0 Å². The molecule has 1 fully saturated rings. The fraction of sp³-hybridized carbons (Fsp3) is 0.421. The molecule has 0 unspecified atom stereocenters. The lowest BCUT2D eigenvalue weighted by Crippen LogP contribution is -2.21. The number of aromatic nitrogens is 1. The van der Waals surface area contributed by atoms with Crippen LogP contribution in [0.2, 0.25) is 0 Å². The molecule has 1 saturated carbocycles. The van der Waals surface area contributed by atoms with Crippen molar-refractivity contribution in [3.05, 3.63) is 59.9 Å². The second-order valence-electron chi connectivity index (χ2n) is 6.57. The Balaban J connectivity index is 1.54. The van der Waals surface area contributed by atoms with Crippen molar-refractivity contribution in [1.29, 1.82) is 0 Å². The van der Waals surface area contributed by atoms with Gasteiger partial charge >= 0.3 is 0 Å². The van der Waals surface area contributed by atoms with E-state index >= 15 is 0 Å². The highest BCUT2D eigenvalue weighted by Gasteiger charge is 2.23. The van der Waals surface area contributed by atoms with Crippen LogP contribution in [0.25, 0.3) is 0 Å². The summed E-state index contributed by atoms with van der Waals surface area (Å²) in [6.07, 6.45) is 7.25. The molecule has 1 heterocycles. The molecule has 25 heavy (non-hydrogen) atoms. The Morgan fingerprint density at radius 1 is 1.08 bits per heavy atom. The van der Waals surface area contributed by atoms with Gasteiger partial charge in [0.2, 0.25) is 10.0 Å². The van der Waals surface area contributed by atoms with E-state index in [9.17, 15) is 8.42 Å². The molecular weight excluding hydrogens is 336 g/mol. The molecule has 1 aliphatic carbocycles. The average molecular weight is 360 g/mol.